The lowest BCUT2D eigenvalue weighted by Crippen LogP contribution is -1.96. The minimum Gasteiger partial charge on any atom is -0.245 e. The Kier molecular flexibility index (Phi) is 6.76. The second-order valence-electron chi connectivity index (χ2n) is 11.9. The van der Waals surface area contributed by atoms with Gasteiger partial charge in [0.25, 0.3) is 0 Å². The summed E-state index contributed by atoms with van der Waals surface area (Å²) in [7, 11) is 0. The summed E-state index contributed by atoms with van der Waals surface area (Å²) in [5, 5.41) is 3.13. The van der Waals surface area contributed by atoms with E-state index in [-0.39, 0.29) is 0 Å². The van der Waals surface area contributed by atoms with E-state index < -0.39 is 0 Å². The first-order valence-electron chi connectivity index (χ1n) is 16.1. The van der Waals surface area contributed by atoms with Gasteiger partial charge in [0.2, 0.25) is 0 Å². The number of hydrogen-bond donors (Lipinski definition) is 0. The highest BCUT2D eigenvalue weighted by Gasteiger charge is 2.16. The van der Waals surface area contributed by atoms with Gasteiger partial charge in [0.1, 0.15) is 0 Å². The van der Waals surface area contributed by atoms with Crippen LogP contribution < -0.4 is 0 Å². The highest BCUT2D eigenvalue weighted by Crippen LogP contribution is 2.37. The Hall–Kier alpha value is -6.52. The van der Waals surface area contributed by atoms with Crippen molar-refractivity contribution in [2.24, 2.45) is 0 Å². The van der Waals surface area contributed by atoms with Crippen molar-refractivity contribution >= 4 is 32.7 Å². The largest absolute Gasteiger partial charge is 0.245 e. The van der Waals surface area contributed by atoms with Gasteiger partial charge in [0.05, 0.1) is 33.6 Å². The van der Waals surface area contributed by atoms with Crippen molar-refractivity contribution in [2.45, 2.75) is 0 Å². The van der Waals surface area contributed by atoms with Crippen molar-refractivity contribution in [1.29, 1.82) is 0 Å². The van der Waals surface area contributed by atoms with Crippen molar-refractivity contribution in [3.05, 3.63) is 170 Å². The minimum absolute atomic E-state index is 0.715. The number of hydrogen-bond acceptors (Lipinski definition) is 4. The van der Waals surface area contributed by atoms with E-state index in [0.717, 1.165) is 83.2 Å². The first-order chi connectivity index (χ1) is 23.8. The van der Waals surface area contributed by atoms with Crippen molar-refractivity contribution < 1.29 is 0 Å². The fourth-order valence-electron chi connectivity index (χ4n) is 6.47. The van der Waals surface area contributed by atoms with Gasteiger partial charge < -0.3 is 0 Å². The number of benzene rings is 6. The zero-order valence-corrected chi connectivity index (χ0v) is 26.0. The Bertz CT molecular complexity index is 2600. The van der Waals surface area contributed by atoms with Crippen LogP contribution in [-0.4, -0.2) is 19.9 Å². The lowest BCUT2D eigenvalue weighted by molar-refractivity contribution is 1.23. The fourth-order valence-corrected chi connectivity index (χ4v) is 6.47. The maximum Gasteiger partial charge on any atom is 0.160 e. The number of fused-ring (bicyclic) bond motifs is 4. The maximum absolute atomic E-state index is 5.28. The maximum atomic E-state index is 5.28. The van der Waals surface area contributed by atoms with Gasteiger partial charge in [-0.3, -0.25) is 0 Å². The van der Waals surface area contributed by atoms with E-state index in [9.17, 15) is 0 Å². The molecule has 0 saturated heterocycles. The quantitative estimate of drug-likeness (QED) is 0.181. The molecule has 0 N–H and O–H groups in total. The standard InChI is InChI=1S/C44H28N4/c1-4-12-29(13-5-1)38-25-22-31-20-21-32-23-26-39(46-43(32)42(31)45-38)36-19-11-10-18-35(36)34-24-27-40-37(28-34)41(30-14-6-2-7-15-30)48-44(47-40)33-16-8-3-9-17-33/h1-28H. The van der Waals surface area contributed by atoms with E-state index in [1.165, 1.54) is 0 Å². The van der Waals surface area contributed by atoms with Crippen LogP contribution in [0.1, 0.15) is 0 Å². The SMILES string of the molecule is c1ccc(-c2ccc3ccc4ccc(-c5ccccc5-c5ccc6nc(-c7ccccc7)nc(-c7ccccc7)c6c5)nc4c3n2)cc1. The molecule has 0 aliphatic heterocycles. The summed E-state index contributed by atoms with van der Waals surface area (Å²) in [5.74, 6) is 0.715. The molecule has 0 bridgehead atoms. The Morgan fingerprint density at radius 3 is 1.56 bits per heavy atom. The van der Waals surface area contributed by atoms with E-state index in [2.05, 4.69) is 127 Å². The predicted octanol–water partition coefficient (Wildman–Crippen LogP) is 11.1. The molecule has 224 valence electrons. The predicted molar refractivity (Wildman–Crippen MR) is 197 cm³/mol. The molecule has 0 spiro atoms. The second-order valence-corrected chi connectivity index (χ2v) is 11.9. The molecule has 0 atom stereocenters. The summed E-state index contributed by atoms with van der Waals surface area (Å²) in [6, 6.07) is 58.5. The van der Waals surface area contributed by atoms with Gasteiger partial charge in [-0.05, 0) is 35.4 Å². The summed E-state index contributed by atoms with van der Waals surface area (Å²) >= 11 is 0. The van der Waals surface area contributed by atoms with Crippen LogP contribution in [0.4, 0.5) is 0 Å². The summed E-state index contributed by atoms with van der Waals surface area (Å²) in [5.41, 5.74) is 11.8. The molecule has 48 heavy (non-hydrogen) atoms. The molecule has 3 aromatic heterocycles. The van der Waals surface area contributed by atoms with Crippen LogP contribution >= 0.6 is 0 Å². The third-order valence-corrected chi connectivity index (χ3v) is 8.88. The van der Waals surface area contributed by atoms with Crippen LogP contribution in [0.15, 0.2) is 170 Å². The van der Waals surface area contributed by atoms with Crippen LogP contribution in [0.2, 0.25) is 0 Å². The van der Waals surface area contributed by atoms with E-state index in [1.807, 2.05) is 42.5 Å². The summed E-state index contributed by atoms with van der Waals surface area (Å²) in [6.45, 7) is 0. The summed E-state index contributed by atoms with van der Waals surface area (Å²) in [4.78, 5) is 20.5. The fraction of sp³-hybridized carbons (Fsp3) is 0. The first kappa shape index (κ1) is 27.8. The molecule has 0 saturated carbocycles. The molecule has 0 aliphatic carbocycles. The van der Waals surface area contributed by atoms with Crippen LogP contribution in [-0.2, 0) is 0 Å². The number of rotatable bonds is 5. The van der Waals surface area contributed by atoms with Gasteiger partial charge in [-0.25, -0.2) is 19.9 Å². The Balaban J connectivity index is 1.21. The lowest BCUT2D eigenvalue weighted by Gasteiger charge is -2.14. The first-order valence-corrected chi connectivity index (χ1v) is 16.1. The second kappa shape index (κ2) is 11.7. The van der Waals surface area contributed by atoms with Gasteiger partial charge in [-0.15, -0.1) is 0 Å². The number of pyridine rings is 2. The van der Waals surface area contributed by atoms with Crippen molar-refractivity contribution in [1.82, 2.24) is 19.9 Å². The van der Waals surface area contributed by atoms with Gasteiger partial charge in [-0.1, -0.05) is 146 Å². The number of nitrogens with zero attached hydrogens (tertiary/aromatic N) is 4. The Morgan fingerprint density at radius 2 is 0.875 bits per heavy atom. The van der Waals surface area contributed by atoms with Crippen LogP contribution in [0.25, 0.3) is 89.0 Å². The molecule has 9 aromatic rings. The third kappa shape index (κ3) is 4.97. The highest BCUT2D eigenvalue weighted by molar-refractivity contribution is 6.04. The smallest absolute Gasteiger partial charge is 0.160 e. The average molecular weight is 613 g/mol. The van der Waals surface area contributed by atoms with Gasteiger partial charge in [0, 0.05) is 38.4 Å². The van der Waals surface area contributed by atoms with Crippen molar-refractivity contribution in [2.75, 3.05) is 0 Å². The topological polar surface area (TPSA) is 51.6 Å². The lowest BCUT2D eigenvalue weighted by atomic mass is 9.94. The molecule has 9 rings (SSSR count). The van der Waals surface area contributed by atoms with Crippen LogP contribution in [0, 0.1) is 0 Å². The van der Waals surface area contributed by atoms with E-state index >= 15 is 0 Å². The van der Waals surface area contributed by atoms with E-state index in [4.69, 9.17) is 19.9 Å². The molecule has 0 fully saturated rings. The van der Waals surface area contributed by atoms with Gasteiger partial charge in [-0.2, -0.15) is 0 Å². The van der Waals surface area contributed by atoms with Gasteiger partial charge >= 0.3 is 0 Å². The van der Waals surface area contributed by atoms with E-state index in [1.54, 1.807) is 0 Å². The summed E-state index contributed by atoms with van der Waals surface area (Å²) in [6.07, 6.45) is 0. The average Bonchev–Trinajstić information content (AvgIpc) is 3.18. The van der Waals surface area contributed by atoms with Crippen LogP contribution in [0.3, 0.4) is 0 Å². The van der Waals surface area contributed by atoms with Crippen LogP contribution in [0.5, 0.6) is 0 Å². The number of aromatic nitrogens is 4. The molecule has 0 unspecified atom stereocenters. The molecule has 6 aromatic carbocycles. The van der Waals surface area contributed by atoms with Crippen molar-refractivity contribution in [3.63, 3.8) is 0 Å². The molecule has 0 radical (unpaired) electrons. The minimum atomic E-state index is 0.715. The highest BCUT2D eigenvalue weighted by atomic mass is 14.9. The molecule has 4 nitrogen and oxygen atoms in total. The Labute approximate surface area is 278 Å². The molecule has 0 amide bonds. The molecular formula is C44H28N4. The molecule has 3 heterocycles. The third-order valence-electron chi connectivity index (χ3n) is 8.88. The van der Waals surface area contributed by atoms with Crippen molar-refractivity contribution in [3.8, 4) is 56.3 Å². The Morgan fingerprint density at radius 1 is 0.333 bits per heavy atom. The van der Waals surface area contributed by atoms with E-state index in [0.29, 0.717) is 5.82 Å². The monoisotopic (exact) mass is 612 g/mol. The summed E-state index contributed by atoms with van der Waals surface area (Å²) < 4.78 is 0. The molecular weight excluding hydrogens is 585 g/mol. The normalized spacial score (nSPS) is 11.3. The van der Waals surface area contributed by atoms with Gasteiger partial charge in [0.15, 0.2) is 5.82 Å². The zero-order valence-electron chi connectivity index (χ0n) is 26.0. The zero-order chi connectivity index (χ0) is 31.9. The molecule has 0 aliphatic rings. The molecule has 4 heteroatoms.